The molecule has 0 bridgehead atoms. The monoisotopic (exact) mass is 381 g/mol. The molecule has 138 valence electrons. The number of carbonyl (C=O) groups excluding carboxylic acids is 2. The molecule has 5 nitrogen and oxygen atoms in total. The molecule has 4 rings (SSSR count). The number of nitrogens with zero attached hydrogens (tertiary/aromatic N) is 2. The molecule has 6 heteroatoms. The second-order valence-corrected chi connectivity index (χ2v) is 7.32. The predicted octanol–water partition coefficient (Wildman–Crippen LogP) is 4.51. The summed E-state index contributed by atoms with van der Waals surface area (Å²) >= 11 is 6.28. The van der Waals surface area contributed by atoms with Gasteiger partial charge in [-0.1, -0.05) is 35.9 Å². The molecule has 1 unspecified atom stereocenters. The maximum absolute atomic E-state index is 13.1. The summed E-state index contributed by atoms with van der Waals surface area (Å²) in [5, 5.41) is 3.34. The van der Waals surface area contributed by atoms with Gasteiger partial charge in [0, 0.05) is 5.71 Å². The third-order valence-corrected chi connectivity index (χ3v) is 5.60. The lowest BCUT2D eigenvalue weighted by Crippen LogP contribution is -2.41. The Labute approximate surface area is 163 Å². The Hall–Kier alpha value is -2.66. The molecule has 2 aromatic rings. The van der Waals surface area contributed by atoms with E-state index >= 15 is 0 Å². The van der Waals surface area contributed by atoms with Crippen LogP contribution in [0.1, 0.15) is 24.8 Å². The van der Waals surface area contributed by atoms with E-state index in [4.69, 9.17) is 16.6 Å². The fraction of sp³-hybridized carbons (Fsp3) is 0.286. The van der Waals surface area contributed by atoms with E-state index in [9.17, 15) is 9.59 Å². The topological polar surface area (TPSA) is 61.8 Å². The van der Waals surface area contributed by atoms with Crippen molar-refractivity contribution in [2.24, 2.45) is 10.9 Å². The number of fused-ring (bicyclic) bond motifs is 2. The van der Waals surface area contributed by atoms with Crippen molar-refractivity contribution in [1.29, 1.82) is 0 Å². The van der Waals surface area contributed by atoms with Crippen LogP contribution in [0.15, 0.2) is 47.5 Å². The number of aliphatic imine (C=N–C) groups is 1. The van der Waals surface area contributed by atoms with Crippen molar-refractivity contribution in [3.05, 3.63) is 53.1 Å². The lowest BCUT2D eigenvalue weighted by atomic mass is 10.1. The molecule has 1 atom stereocenters. The SMILES string of the molecule is Cc1cccc(NC(=O)CN2C(=O)C3CCCC3=Nc3ccccc32)c1Cl. The summed E-state index contributed by atoms with van der Waals surface area (Å²) in [7, 11) is 0. The Bertz CT molecular complexity index is 954. The van der Waals surface area contributed by atoms with Gasteiger partial charge in [0.25, 0.3) is 0 Å². The number of hydrogen-bond acceptors (Lipinski definition) is 3. The molecule has 27 heavy (non-hydrogen) atoms. The van der Waals surface area contributed by atoms with Crippen molar-refractivity contribution >= 4 is 46.2 Å². The van der Waals surface area contributed by atoms with Gasteiger partial charge in [-0.25, -0.2) is 0 Å². The molecule has 0 radical (unpaired) electrons. The number of halogens is 1. The summed E-state index contributed by atoms with van der Waals surface area (Å²) in [6.45, 7) is 1.81. The molecule has 2 aliphatic rings. The van der Waals surface area contributed by atoms with E-state index in [1.54, 1.807) is 11.0 Å². The number of carbonyl (C=O) groups is 2. The smallest absolute Gasteiger partial charge is 0.244 e. The Kier molecular flexibility index (Phi) is 4.70. The van der Waals surface area contributed by atoms with E-state index in [2.05, 4.69) is 5.32 Å². The number of nitrogens with one attached hydrogen (secondary N) is 1. The largest absolute Gasteiger partial charge is 0.323 e. The lowest BCUT2D eigenvalue weighted by molar-refractivity contribution is -0.122. The highest BCUT2D eigenvalue weighted by atomic mass is 35.5. The zero-order valence-corrected chi connectivity index (χ0v) is 15.8. The average molecular weight is 382 g/mol. The zero-order chi connectivity index (χ0) is 19.0. The van der Waals surface area contributed by atoms with Crippen molar-refractivity contribution in [1.82, 2.24) is 0 Å². The maximum atomic E-state index is 13.1. The first-order valence-electron chi connectivity index (χ1n) is 9.07. The Balaban J connectivity index is 1.62. The number of anilines is 2. The quantitative estimate of drug-likeness (QED) is 0.850. The summed E-state index contributed by atoms with van der Waals surface area (Å²) in [6, 6.07) is 12.9. The molecule has 1 saturated carbocycles. The van der Waals surface area contributed by atoms with Crippen molar-refractivity contribution < 1.29 is 9.59 Å². The predicted molar refractivity (Wildman–Crippen MR) is 108 cm³/mol. The van der Waals surface area contributed by atoms with Crippen LogP contribution in [0.2, 0.25) is 5.02 Å². The van der Waals surface area contributed by atoms with E-state index in [1.807, 2.05) is 43.3 Å². The van der Waals surface area contributed by atoms with Gasteiger partial charge in [0.2, 0.25) is 11.8 Å². The van der Waals surface area contributed by atoms with Crippen molar-refractivity contribution in [3.63, 3.8) is 0 Å². The fourth-order valence-corrected chi connectivity index (χ4v) is 3.89. The highest BCUT2D eigenvalue weighted by Crippen LogP contribution is 2.37. The van der Waals surface area contributed by atoms with E-state index in [0.717, 1.165) is 36.2 Å². The molecular weight excluding hydrogens is 362 g/mol. The Morgan fingerprint density at radius 2 is 2.07 bits per heavy atom. The van der Waals surface area contributed by atoms with Crippen molar-refractivity contribution in [3.8, 4) is 0 Å². The molecule has 0 aromatic heterocycles. The standard InChI is InChI=1S/C21H20ClN3O2/c1-13-6-4-10-17(20(13)22)24-19(26)12-25-18-11-3-2-8-16(18)23-15-9-5-7-14(15)21(25)27/h2-4,6,8,10-11,14H,5,7,9,12H2,1H3,(H,24,26). The van der Waals surface area contributed by atoms with Gasteiger partial charge in [0.05, 0.1) is 28.0 Å². The van der Waals surface area contributed by atoms with Crippen LogP contribution in [-0.2, 0) is 9.59 Å². The fourth-order valence-electron chi connectivity index (χ4n) is 3.72. The number of rotatable bonds is 3. The molecule has 1 aliphatic carbocycles. The van der Waals surface area contributed by atoms with Gasteiger partial charge in [-0.2, -0.15) is 0 Å². The van der Waals surface area contributed by atoms with E-state index in [-0.39, 0.29) is 24.3 Å². The third-order valence-electron chi connectivity index (χ3n) is 5.10. The van der Waals surface area contributed by atoms with Crippen molar-refractivity contribution in [2.45, 2.75) is 26.2 Å². The number of aryl methyl sites for hydroxylation is 1. The summed E-state index contributed by atoms with van der Waals surface area (Å²) in [5.74, 6) is -0.568. The molecule has 2 amide bonds. The molecule has 0 spiro atoms. The van der Waals surface area contributed by atoms with Gasteiger partial charge in [-0.05, 0) is 49.9 Å². The summed E-state index contributed by atoms with van der Waals surface area (Å²) in [4.78, 5) is 32.1. The minimum atomic E-state index is -0.285. The second kappa shape index (κ2) is 7.16. The van der Waals surface area contributed by atoms with E-state index in [0.29, 0.717) is 16.4 Å². The van der Waals surface area contributed by atoms with Crippen LogP contribution in [0.25, 0.3) is 0 Å². The van der Waals surface area contributed by atoms with Crippen LogP contribution in [-0.4, -0.2) is 24.1 Å². The Morgan fingerprint density at radius 1 is 1.26 bits per heavy atom. The zero-order valence-electron chi connectivity index (χ0n) is 15.0. The summed E-state index contributed by atoms with van der Waals surface area (Å²) in [6.07, 6.45) is 2.58. The third kappa shape index (κ3) is 3.35. The van der Waals surface area contributed by atoms with E-state index < -0.39 is 0 Å². The summed E-state index contributed by atoms with van der Waals surface area (Å²) < 4.78 is 0. The van der Waals surface area contributed by atoms with Gasteiger partial charge < -0.3 is 10.2 Å². The first kappa shape index (κ1) is 17.7. The minimum absolute atomic E-state index is 0.0540. The normalized spacial score (nSPS) is 18.4. The maximum Gasteiger partial charge on any atom is 0.244 e. The second-order valence-electron chi connectivity index (χ2n) is 6.95. The molecule has 2 aromatic carbocycles. The molecule has 1 heterocycles. The first-order chi connectivity index (χ1) is 13.0. The number of benzene rings is 2. The van der Waals surface area contributed by atoms with Crippen LogP contribution in [0.4, 0.5) is 17.1 Å². The van der Waals surface area contributed by atoms with Gasteiger partial charge in [0.15, 0.2) is 0 Å². The van der Waals surface area contributed by atoms with Crippen LogP contribution < -0.4 is 10.2 Å². The van der Waals surface area contributed by atoms with Crippen LogP contribution in [0.5, 0.6) is 0 Å². The average Bonchev–Trinajstić information content (AvgIpc) is 3.08. The number of para-hydroxylation sites is 2. The molecular formula is C21H20ClN3O2. The van der Waals surface area contributed by atoms with Crippen LogP contribution in [0.3, 0.4) is 0 Å². The Morgan fingerprint density at radius 3 is 2.93 bits per heavy atom. The van der Waals surface area contributed by atoms with Gasteiger partial charge >= 0.3 is 0 Å². The van der Waals surface area contributed by atoms with Crippen LogP contribution in [0, 0.1) is 12.8 Å². The molecule has 0 saturated heterocycles. The lowest BCUT2D eigenvalue weighted by Gasteiger charge is -2.24. The van der Waals surface area contributed by atoms with Gasteiger partial charge in [0.1, 0.15) is 6.54 Å². The van der Waals surface area contributed by atoms with Gasteiger partial charge in [-0.3, -0.25) is 14.6 Å². The number of hydrogen-bond donors (Lipinski definition) is 1. The summed E-state index contributed by atoms with van der Waals surface area (Å²) in [5.41, 5.74) is 3.78. The molecule has 1 aliphatic heterocycles. The van der Waals surface area contributed by atoms with Crippen molar-refractivity contribution in [2.75, 3.05) is 16.8 Å². The van der Waals surface area contributed by atoms with Gasteiger partial charge in [-0.15, -0.1) is 0 Å². The molecule has 1 fully saturated rings. The van der Waals surface area contributed by atoms with Crippen LogP contribution >= 0.6 is 11.6 Å². The highest BCUT2D eigenvalue weighted by molar-refractivity contribution is 6.34. The minimum Gasteiger partial charge on any atom is -0.323 e. The first-order valence-corrected chi connectivity index (χ1v) is 9.45. The highest BCUT2D eigenvalue weighted by Gasteiger charge is 2.37. The number of amides is 2. The molecule has 1 N–H and O–H groups in total. The van der Waals surface area contributed by atoms with E-state index in [1.165, 1.54) is 0 Å².